The van der Waals surface area contributed by atoms with Gasteiger partial charge in [0.1, 0.15) is 6.61 Å². The van der Waals surface area contributed by atoms with E-state index >= 15 is 0 Å². The molecule has 0 radical (unpaired) electrons. The smallest absolute Gasteiger partial charge is 0.246 e. The van der Waals surface area contributed by atoms with Gasteiger partial charge in [0.05, 0.1) is 5.60 Å². The van der Waals surface area contributed by atoms with Crippen molar-refractivity contribution < 1.29 is 9.53 Å². The number of rotatable bonds is 5. The number of amides is 1. The summed E-state index contributed by atoms with van der Waals surface area (Å²) in [5.74, 6) is 1.80. The van der Waals surface area contributed by atoms with Crippen molar-refractivity contribution in [2.45, 2.75) is 45.6 Å². The van der Waals surface area contributed by atoms with Crippen molar-refractivity contribution >= 4 is 17.5 Å². The average molecular weight is 262 g/mol. The van der Waals surface area contributed by atoms with Crippen molar-refractivity contribution in [3.8, 4) is 0 Å². The molecule has 0 aromatic rings. The average Bonchev–Trinajstić information content (AvgIpc) is 2.69. The molecular formula is C13H24ClNO2. The standard InChI is InChI=1S/C13H24ClNO2/c1-13(2,3)17-9-12(16)15-8-11-6-4-5-10(11)7-14/h10-11H,4-9H2,1-3H3,(H,15,16). The van der Waals surface area contributed by atoms with Crippen molar-refractivity contribution in [3.05, 3.63) is 0 Å². The summed E-state index contributed by atoms with van der Waals surface area (Å²) in [4.78, 5) is 11.6. The largest absolute Gasteiger partial charge is 0.366 e. The molecule has 0 aliphatic heterocycles. The minimum absolute atomic E-state index is 0.0276. The Morgan fingerprint density at radius 2 is 2.00 bits per heavy atom. The molecular weight excluding hydrogens is 238 g/mol. The van der Waals surface area contributed by atoms with Crippen LogP contribution >= 0.6 is 11.6 Å². The molecule has 17 heavy (non-hydrogen) atoms. The van der Waals surface area contributed by atoms with Crippen LogP contribution in [0.1, 0.15) is 40.0 Å². The van der Waals surface area contributed by atoms with Crippen LogP contribution in [0.5, 0.6) is 0 Å². The first kappa shape index (κ1) is 14.8. The zero-order chi connectivity index (χ0) is 12.9. The maximum Gasteiger partial charge on any atom is 0.246 e. The van der Waals surface area contributed by atoms with E-state index in [1.54, 1.807) is 0 Å². The van der Waals surface area contributed by atoms with E-state index in [1.165, 1.54) is 19.3 Å². The molecule has 2 unspecified atom stereocenters. The Morgan fingerprint density at radius 1 is 1.35 bits per heavy atom. The van der Waals surface area contributed by atoms with E-state index < -0.39 is 0 Å². The molecule has 1 aliphatic carbocycles. The second-order valence-corrected chi connectivity index (χ2v) is 6.12. The molecule has 0 aromatic heterocycles. The van der Waals surface area contributed by atoms with Gasteiger partial charge in [-0.15, -0.1) is 11.6 Å². The highest BCUT2D eigenvalue weighted by Crippen LogP contribution is 2.31. The van der Waals surface area contributed by atoms with Crippen LogP contribution in [0, 0.1) is 11.8 Å². The van der Waals surface area contributed by atoms with Crippen LogP contribution in [-0.4, -0.2) is 30.5 Å². The molecule has 2 atom stereocenters. The topological polar surface area (TPSA) is 38.3 Å². The highest BCUT2D eigenvalue weighted by Gasteiger charge is 2.26. The fourth-order valence-corrected chi connectivity index (χ4v) is 2.57. The second-order valence-electron chi connectivity index (χ2n) is 5.81. The number of hydrogen-bond acceptors (Lipinski definition) is 2. The van der Waals surface area contributed by atoms with E-state index in [0.29, 0.717) is 17.7 Å². The Hall–Kier alpha value is -0.280. The van der Waals surface area contributed by atoms with Crippen molar-refractivity contribution in [2.75, 3.05) is 19.0 Å². The summed E-state index contributed by atoms with van der Waals surface area (Å²) in [5, 5.41) is 2.94. The number of carbonyl (C=O) groups is 1. The van der Waals surface area contributed by atoms with Crippen molar-refractivity contribution in [1.82, 2.24) is 5.32 Å². The van der Waals surface area contributed by atoms with Crippen LogP contribution in [0.4, 0.5) is 0 Å². The first-order valence-electron chi connectivity index (χ1n) is 6.39. The molecule has 0 aromatic carbocycles. The molecule has 0 spiro atoms. The van der Waals surface area contributed by atoms with Gasteiger partial charge in [0.2, 0.25) is 5.91 Å². The highest BCUT2D eigenvalue weighted by molar-refractivity contribution is 6.18. The number of ether oxygens (including phenoxy) is 1. The van der Waals surface area contributed by atoms with E-state index in [1.807, 2.05) is 20.8 Å². The Balaban J connectivity index is 2.19. The lowest BCUT2D eigenvalue weighted by Gasteiger charge is -2.21. The number of nitrogens with one attached hydrogen (secondary N) is 1. The first-order valence-corrected chi connectivity index (χ1v) is 6.92. The molecule has 1 saturated carbocycles. The first-order chi connectivity index (χ1) is 7.92. The van der Waals surface area contributed by atoms with Crippen LogP contribution in [0.25, 0.3) is 0 Å². The molecule has 1 N–H and O–H groups in total. The highest BCUT2D eigenvalue weighted by atomic mass is 35.5. The number of hydrogen-bond donors (Lipinski definition) is 1. The lowest BCUT2D eigenvalue weighted by Crippen LogP contribution is -2.36. The van der Waals surface area contributed by atoms with Crippen LogP contribution in [0.3, 0.4) is 0 Å². The van der Waals surface area contributed by atoms with Gasteiger partial charge in [-0.1, -0.05) is 6.42 Å². The Labute approximate surface area is 109 Å². The third-order valence-electron chi connectivity index (χ3n) is 3.21. The van der Waals surface area contributed by atoms with Crippen LogP contribution in [-0.2, 0) is 9.53 Å². The quantitative estimate of drug-likeness (QED) is 0.773. The molecule has 1 aliphatic rings. The summed E-state index contributed by atoms with van der Waals surface area (Å²) < 4.78 is 5.42. The molecule has 0 heterocycles. The van der Waals surface area contributed by atoms with E-state index in [2.05, 4.69) is 5.32 Å². The molecule has 1 amide bonds. The lowest BCUT2D eigenvalue weighted by molar-refractivity contribution is -0.130. The summed E-state index contributed by atoms with van der Waals surface area (Å²) in [6.07, 6.45) is 3.61. The summed E-state index contributed by atoms with van der Waals surface area (Å²) in [6, 6.07) is 0. The van der Waals surface area contributed by atoms with Gasteiger partial charge in [0, 0.05) is 12.4 Å². The molecule has 100 valence electrons. The number of alkyl halides is 1. The van der Waals surface area contributed by atoms with Gasteiger partial charge in [0.25, 0.3) is 0 Å². The fourth-order valence-electron chi connectivity index (χ4n) is 2.16. The minimum atomic E-state index is -0.261. The Kier molecular flexibility index (Phi) is 5.74. The summed E-state index contributed by atoms with van der Waals surface area (Å²) in [5.41, 5.74) is -0.261. The monoisotopic (exact) mass is 261 g/mol. The van der Waals surface area contributed by atoms with Gasteiger partial charge in [-0.25, -0.2) is 0 Å². The zero-order valence-electron chi connectivity index (χ0n) is 11.1. The van der Waals surface area contributed by atoms with Crippen LogP contribution in [0.15, 0.2) is 0 Å². The third-order valence-corrected chi connectivity index (χ3v) is 3.61. The summed E-state index contributed by atoms with van der Waals surface area (Å²) >= 11 is 5.90. The van der Waals surface area contributed by atoms with Crippen LogP contribution < -0.4 is 5.32 Å². The predicted molar refractivity (Wildman–Crippen MR) is 70.3 cm³/mol. The SMILES string of the molecule is CC(C)(C)OCC(=O)NCC1CCCC1CCl. The molecule has 1 rings (SSSR count). The number of halogens is 1. The molecule has 3 nitrogen and oxygen atoms in total. The Bertz CT molecular complexity index is 250. The van der Waals surface area contributed by atoms with Crippen molar-refractivity contribution in [2.24, 2.45) is 11.8 Å². The lowest BCUT2D eigenvalue weighted by atomic mass is 9.98. The minimum Gasteiger partial charge on any atom is -0.366 e. The molecule has 1 fully saturated rings. The molecule has 4 heteroatoms. The van der Waals surface area contributed by atoms with E-state index in [-0.39, 0.29) is 18.1 Å². The van der Waals surface area contributed by atoms with Crippen molar-refractivity contribution in [1.29, 1.82) is 0 Å². The molecule has 0 bridgehead atoms. The normalized spacial score (nSPS) is 24.9. The predicted octanol–water partition coefficient (Wildman–Crippen LogP) is 2.57. The van der Waals surface area contributed by atoms with Gasteiger partial charge in [-0.2, -0.15) is 0 Å². The Morgan fingerprint density at radius 3 is 2.59 bits per heavy atom. The van der Waals surface area contributed by atoms with Crippen molar-refractivity contribution in [3.63, 3.8) is 0 Å². The van der Waals surface area contributed by atoms with E-state index in [9.17, 15) is 4.79 Å². The molecule has 0 saturated heterocycles. The van der Waals surface area contributed by atoms with Gasteiger partial charge in [0.15, 0.2) is 0 Å². The summed E-state index contributed by atoms with van der Waals surface area (Å²) in [7, 11) is 0. The van der Waals surface area contributed by atoms with E-state index in [0.717, 1.165) is 6.54 Å². The summed E-state index contributed by atoms with van der Waals surface area (Å²) in [6.45, 7) is 6.72. The fraction of sp³-hybridized carbons (Fsp3) is 0.923. The third kappa shape index (κ3) is 5.73. The maximum atomic E-state index is 11.6. The van der Waals surface area contributed by atoms with Crippen LogP contribution in [0.2, 0.25) is 0 Å². The van der Waals surface area contributed by atoms with Gasteiger partial charge in [-0.05, 0) is 45.4 Å². The maximum absolute atomic E-state index is 11.6. The number of carbonyl (C=O) groups excluding carboxylic acids is 1. The van der Waals surface area contributed by atoms with Gasteiger partial charge < -0.3 is 10.1 Å². The van der Waals surface area contributed by atoms with Gasteiger partial charge >= 0.3 is 0 Å². The zero-order valence-corrected chi connectivity index (χ0v) is 11.8. The second kappa shape index (κ2) is 6.60. The van der Waals surface area contributed by atoms with E-state index in [4.69, 9.17) is 16.3 Å². The van der Waals surface area contributed by atoms with Gasteiger partial charge in [-0.3, -0.25) is 4.79 Å².